The van der Waals surface area contributed by atoms with Crippen LogP contribution in [0.3, 0.4) is 0 Å². The molecule has 20 heavy (non-hydrogen) atoms. The molecule has 0 saturated carbocycles. The molecule has 2 heterocycles. The zero-order valence-electron chi connectivity index (χ0n) is 12.8. The Hall–Kier alpha value is -0.650. The minimum Gasteiger partial charge on any atom is -0.480 e. The van der Waals surface area contributed by atoms with E-state index in [1.807, 2.05) is 0 Å². The summed E-state index contributed by atoms with van der Waals surface area (Å²) in [6, 6.07) is 0.705. The standard InChI is InChI=1S/C15H29N3O2/c1-2-16-7-3-5-14(6-10-16)18-9-4-8-17(11-12-18)13-15(19)20/h14H,2-13H2,1H3,(H,19,20). The first kappa shape index (κ1) is 15.7. The Balaban J connectivity index is 1.82. The third kappa shape index (κ3) is 4.72. The second-order valence-corrected chi connectivity index (χ2v) is 6.08. The molecule has 2 fully saturated rings. The lowest BCUT2D eigenvalue weighted by Crippen LogP contribution is -2.39. The van der Waals surface area contributed by atoms with Crippen molar-refractivity contribution in [3.05, 3.63) is 0 Å². The molecule has 5 nitrogen and oxygen atoms in total. The van der Waals surface area contributed by atoms with Gasteiger partial charge in [0.15, 0.2) is 0 Å². The van der Waals surface area contributed by atoms with Gasteiger partial charge in [-0.25, -0.2) is 0 Å². The van der Waals surface area contributed by atoms with Crippen LogP contribution in [0.25, 0.3) is 0 Å². The maximum Gasteiger partial charge on any atom is 0.317 e. The molecule has 0 spiro atoms. The van der Waals surface area contributed by atoms with Gasteiger partial charge in [-0.2, -0.15) is 0 Å². The summed E-state index contributed by atoms with van der Waals surface area (Å²) in [7, 11) is 0. The molecule has 2 aliphatic heterocycles. The van der Waals surface area contributed by atoms with E-state index in [1.165, 1.54) is 38.9 Å². The summed E-state index contributed by atoms with van der Waals surface area (Å²) in [5.41, 5.74) is 0. The van der Waals surface area contributed by atoms with E-state index in [0.717, 1.165) is 32.6 Å². The van der Waals surface area contributed by atoms with E-state index in [2.05, 4.69) is 21.6 Å². The lowest BCUT2D eigenvalue weighted by atomic mass is 10.1. The van der Waals surface area contributed by atoms with Crippen molar-refractivity contribution in [2.75, 3.05) is 52.4 Å². The fraction of sp³-hybridized carbons (Fsp3) is 0.933. The topological polar surface area (TPSA) is 47.0 Å². The molecular formula is C15H29N3O2. The number of aliphatic carboxylic acids is 1. The third-order valence-corrected chi connectivity index (χ3v) is 4.74. The van der Waals surface area contributed by atoms with Gasteiger partial charge in [-0.1, -0.05) is 6.92 Å². The van der Waals surface area contributed by atoms with E-state index in [-0.39, 0.29) is 6.54 Å². The van der Waals surface area contributed by atoms with Crippen LogP contribution >= 0.6 is 0 Å². The fourth-order valence-corrected chi connectivity index (χ4v) is 3.53. The van der Waals surface area contributed by atoms with Crippen LogP contribution in [-0.4, -0.2) is 84.2 Å². The highest BCUT2D eigenvalue weighted by Gasteiger charge is 2.24. The summed E-state index contributed by atoms with van der Waals surface area (Å²) >= 11 is 0. The highest BCUT2D eigenvalue weighted by molar-refractivity contribution is 5.69. The van der Waals surface area contributed by atoms with Gasteiger partial charge in [0.05, 0.1) is 6.54 Å². The maximum atomic E-state index is 10.8. The number of rotatable bonds is 4. The highest BCUT2D eigenvalue weighted by atomic mass is 16.4. The molecule has 0 radical (unpaired) electrons. The number of carboxylic acid groups (broad SMARTS) is 1. The first-order valence-corrected chi connectivity index (χ1v) is 8.09. The first-order valence-electron chi connectivity index (χ1n) is 8.09. The molecule has 1 N–H and O–H groups in total. The molecule has 0 bridgehead atoms. The quantitative estimate of drug-likeness (QED) is 0.832. The fourth-order valence-electron chi connectivity index (χ4n) is 3.53. The summed E-state index contributed by atoms with van der Waals surface area (Å²) in [5.74, 6) is -0.702. The third-order valence-electron chi connectivity index (χ3n) is 4.74. The molecule has 1 atom stereocenters. The summed E-state index contributed by atoms with van der Waals surface area (Å²) in [6.45, 7) is 10.1. The predicted octanol–water partition coefficient (Wildman–Crippen LogP) is 0.953. The second-order valence-electron chi connectivity index (χ2n) is 6.08. The summed E-state index contributed by atoms with van der Waals surface area (Å²) in [4.78, 5) is 18.1. The average Bonchev–Trinajstić information content (AvgIpc) is 2.78. The Morgan fingerprint density at radius 1 is 1.00 bits per heavy atom. The van der Waals surface area contributed by atoms with Crippen molar-refractivity contribution >= 4 is 5.97 Å². The summed E-state index contributed by atoms with van der Waals surface area (Å²) in [5, 5.41) is 8.90. The number of carbonyl (C=O) groups is 1. The van der Waals surface area contributed by atoms with Crippen LogP contribution in [0.1, 0.15) is 32.6 Å². The Labute approximate surface area is 122 Å². The first-order chi connectivity index (χ1) is 9.69. The van der Waals surface area contributed by atoms with Gasteiger partial charge in [0.1, 0.15) is 0 Å². The van der Waals surface area contributed by atoms with Gasteiger partial charge in [0.2, 0.25) is 0 Å². The molecule has 0 aliphatic carbocycles. The van der Waals surface area contributed by atoms with E-state index in [9.17, 15) is 4.79 Å². The van der Waals surface area contributed by atoms with E-state index < -0.39 is 5.97 Å². The van der Waals surface area contributed by atoms with E-state index in [0.29, 0.717) is 6.04 Å². The molecule has 2 aliphatic rings. The van der Waals surface area contributed by atoms with Crippen LogP contribution in [0.5, 0.6) is 0 Å². The van der Waals surface area contributed by atoms with E-state index in [1.54, 1.807) is 0 Å². The Morgan fingerprint density at radius 3 is 2.55 bits per heavy atom. The smallest absolute Gasteiger partial charge is 0.317 e. The number of hydrogen-bond donors (Lipinski definition) is 1. The van der Waals surface area contributed by atoms with Crippen molar-refractivity contribution in [3.8, 4) is 0 Å². The average molecular weight is 283 g/mol. The minimum absolute atomic E-state index is 0.197. The Bertz CT molecular complexity index is 311. The second kappa shape index (κ2) is 7.96. The predicted molar refractivity (Wildman–Crippen MR) is 80.0 cm³/mol. The van der Waals surface area contributed by atoms with Gasteiger partial charge in [0.25, 0.3) is 0 Å². The lowest BCUT2D eigenvalue weighted by molar-refractivity contribution is -0.138. The largest absolute Gasteiger partial charge is 0.480 e. The molecule has 2 rings (SSSR count). The van der Waals surface area contributed by atoms with E-state index in [4.69, 9.17) is 5.11 Å². The van der Waals surface area contributed by atoms with Crippen LogP contribution in [0.15, 0.2) is 0 Å². The van der Waals surface area contributed by atoms with Gasteiger partial charge in [-0.15, -0.1) is 0 Å². The molecule has 0 aromatic rings. The van der Waals surface area contributed by atoms with Crippen molar-refractivity contribution in [1.29, 1.82) is 0 Å². The van der Waals surface area contributed by atoms with Gasteiger partial charge >= 0.3 is 5.97 Å². The Morgan fingerprint density at radius 2 is 1.80 bits per heavy atom. The van der Waals surface area contributed by atoms with Crippen LogP contribution in [0.4, 0.5) is 0 Å². The highest BCUT2D eigenvalue weighted by Crippen LogP contribution is 2.18. The molecule has 0 aromatic carbocycles. The van der Waals surface area contributed by atoms with Gasteiger partial charge in [-0.3, -0.25) is 14.6 Å². The van der Waals surface area contributed by atoms with Crippen LogP contribution in [0.2, 0.25) is 0 Å². The SMILES string of the molecule is CCN1CCCC(N2CCCN(CC(=O)O)CC2)CC1. The molecule has 0 aromatic heterocycles. The normalized spacial score (nSPS) is 27.9. The number of carboxylic acids is 1. The number of nitrogens with zero attached hydrogens (tertiary/aromatic N) is 3. The molecular weight excluding hydrogens is 254 g/mol. The van der Waals surface area contributed by atoms with Gasteiger partial charge < -0.3 is 10.0 Å². The molecule has 116 valence electrons. The number of likely N-dealkylation sites (tertiary alicyclic amines) is 1. The van der Waals surface area contributed by atoms with E-state index >= 15 is 0 Å². The maximum absolute atomic E-state index is 10.8. The van der Waals surface area contributed by atoms with Crippen molar-refractivity contribution in [2.24, 2.45) is 0 Å². The molecule has 0 amide bonds. The van der Waals surface area contributed by atoms with Gasteiger partial charge in [-0.05, 0) is 51.9 Å². The Kier molecular flexibility index (Phi) is 6.26. The zero-order chi connectivity index (χ0) is 14.4. The molecule has 2 saturated heterocycles. The van der Waals surface area contributed by atoms with Crippen molar-refractivity contribution in [2.45, 2.75) is 38.6 Å². The van der Waals surface area contributed by atoms with Crippen molar-refractivity contribution in [3.63, 3.8) is 0 Å². The zero-order valence-corrected chi connectivity index (χ0v) is 12.8. The summed E-state index contributed by atoms with van der Waals surface area (Å²) in [6.07, 6.45) is 4.97. The van der Waals surface area contributed by atoms with Crippen molar-refractivity contribution < 1.29 is 9.90 Å². The number of hydrogen-bond acceptors (Lipinski definition) is 4. The van der Waals surface area contributed by atoms with Crippen LogP contribution < -0.4 is 0 Å². The lowest BCUT2D eigenvalue weighted by Gasteiger charge is -2.30. The molecule has 5 heteroatoms. The minimum atomic E-state index is -0.702. The summed E-state index contributed by atoms with van der Waals surface area (Å²) < 4.78 is 0. The monoisotopic (exact) mass is 283 g/mol. The van der Waals surface area contributed by atoms with Crippen molar-refractivity contribution in [1.82, 2.24) is 14.7 Å². The molecule has 1 unspecified atom stereocenters. The van der Waals surface area contributed by atoms with Crippen LogP contribution in [0, 0.1) is 0 Å². The van der Waals surface area contributed by atoms with Crippen LogP contribution in [-0.2, 0) is 4.79 Å². The van der Waals surface area contributed by atoms with Gasteiger partial charge in [0, 0.05) is 25.7 Å².